The minimum atomic E-state index is -4.79. The molecular weight excluding hydrogens is 371 g/mol. The van der Waals surface area contributed by atoms with Crippen LogP contribution in [0.5, 0.6) is 5.75 Å². The van der Waals surface area contributed by atoms with Crippen LogP contribution in [0, 0.1) is 17.0 Å². The molecule has 6 nitrogen and oxygen atoms in total. The molecule has 0 unspecified atom stereocenters. The zero-order valence-electron chi connectivity index (χ0n) is 13.7. The van der Waals surface area contributed by atoms with Gasteiger partial charge in [-0.05, 0) is 42.9 Å². The minimum absolute atomic E-state index is 0.117. The van der Waals surface area contributed by atoms with Crippen molar-refractivity contribution in [3.05, 3.63) is 57.6 Å². The lowest BCUT2D eigenvalue weighted by atomic mass is 10.1. The molecule has 138 valence electrons. The van der Waals surface area contributed by atoms with Crippen LogP contribution in [0.3, 0.4) is 0 Å². The number of aryl methyl sites for hydroxylation is 1. The lowest BCUT2D eigenvalue weighted by Gasteiger charge is -2.17. The molecule has 0 aliphatic carbocycles. The number of rotatable bonds is 4. The molecule has 2 aromatic rings. The summed E-state index contributed by atoms with van der Waals surface area (Å²) >= 11 is 5.06. The van der Waals surface area contributed by atoms with Crippen molar-refractivity contribution in [2.75, 3.05) is 17.7 Å². The number of nitrogens with zero attached hydrogens (tertiary/aromatic N) is 1. The molecule has 0 aliphatic heterocycles. The summed E-state index contributed by atoms with van der Waals surface area (Å²) in [5, 5.41) is 15.8. The summed E-state index contributed by atoms with van der Waals surface area (Å²) in [6.07, 6.45) is -4.79. The van der Waals surface area contributed by atoms with Gasteiger partial charge < -0.3 is 15.4 Å². The van der Waals surface area contributed by atoms with Crippen molar-refractivity contribution in [2.45, 2.75) is 13.1 Å². The normalized spacial score (nSPS) is 11.0. The highest BCUT2D eigenvalue weighted by Crippen LogP contribution is 2.37. The molecule has 0 atom stereocenters. The first kappa shape index (κ1) is 19.4. The minimum Gasteiger partial charge on any atom is -0.495 e. The molecule has 0 saturated heterocycles. The third-order valence-electron chi connectivity index (χ3n) is 3.37. The Morgan fingerprint density at radius 2 is 1.81 bits per heavy atom. The number of halogens is 3. The van der Waals surface area contributed by atoms with Crippen LogP contribution in [-0.2, 0) is 6.18 Å². The number of ether oxygens (including phenoxy) is 1. The molecule has 2 rings (SSSR count). The second-order valence-corrected chi connectivity index (χ2v) is 5.68. The molecule has 2 aromatic carbocycles. The number of nitro benzene ring substituents is 1. The van der Waals surface area contributed by atoms with Gasteiger partial charge in [-0.3, -0.25) is 10.1 Å². The molecule has 0 radical (unpaired) electrons. The van der Waals surface area contributed by atoms with E-state index in [0.29, 0.717) is 17.5 Å². The Labute approximate surface area is 152 Å². The number of hydrogen-bond acceptors (Lipinski definition) is 4. The first-order valence-electron chi connectivity index (χ1n) is 7.20. The highest BCUT2D eigenvalue weighted by molar-refractivity contribution is 7.80. The number of anilines is 2. The predicted octanol–water partition coefficient (Wildman–Crippen LogP) is 4.74. The van der Waals surface area contributed by atoms with Crippen LogP contribution in [-0.4, -0.2) is 17.1 Å². The molecule has 0 fully saturated rings. The molecule has 2 N–H and O–H groups in total. The van der Waals surface area contributed by atoms with Crippen molar-refractivity contribution in [3.8, 4) is 5.75 Å². The fraction of sp³-hybridized carbons (Fsp3) is 0.188. The maximum atomic E-state index is 13.2. The zero-order valence-corrected chi connectivity index (χ0v) is 14.5. The van der Waals surface area contributed by atoms with E-state index in [4.69, 9.17) is 17.0 Å². The standard InChI is InChI=1S/C16H14F3N3O3S/c1-9-3-6-14(25-2)13(7-9)21-15(26)20-12-5-4-10(22(23)24)8-11(12)16(17,18)19/h3-8H,1-2H3,(H2,20,21,26). The second-order valence-electron chi connectivity index (χ2n) is 5.27. The molecule has 10 heteroatoms. The second kappa shape index (κ2) is 7.56. The number of methoxy groups -OCH3 is 1. The Morgan fingerprint density at radius 1 is 1.15 bits per heavy atom. The maximum Gasteiger partial charge on any atom is 0.418 e. The molecule has 26 heavy (non-hydrogen) atoms. The summed E-state index contributed by atoms with van der Waals surface area (Å²) in [5.74, 6) is 0.458. The molecule has 0 aromatic heterocycles. The largest absolute Gasteiger partial charge is 0.495 e. The highest BCUT2D eigenvalue weighted by atomic mass is 32.1. The monoisotopic (exact) mass is 385 g/mol. The number of nitro groups is 1. The van der Waals surface area contributed by atoms with Crippen molar-refractivity contribution in [1.82, 2.24) is 0 Å². The van der Waals surface area contributed by atoms with Gasteiger partial charge in [-0.1, -0.05) is 6.07 Å². The molecule has 0 saturated carbocycles. The van der Waals surface area contributed by atoms with Gasteiger partial charge in [0.2, 0.25) is 0 Å². The molecule has 0 bridgehead atoms. The van der Waals surface area contributed by atoms with E-state index in [0.717, 1.165) is 17.7 Å². The molecule has 0 amide bonds. The topological polar surface area (TPSA) is 76.4 Å². The van der Waals surface area contributed by atoms with Gasteiger partial charge in [-0.15, -0.1) is 0 Å². The Morgan fingerprint density at radius 3 is 2.38 bits per heavy atom. The number of nitrogens with one attached hydrogen (secondary N) is 2. The van der Waals surface area contributed by atoms with Gasteiger partial charge in [0.1, 0.15) is 5.75 Å². The molecule has 0 heterocycles. The Balaban J connectivity index is 2.29. The first-order valence-corrected chi connectivity index (χ1v) is 7.61. The summed E-state index contributed by atoms with van der Waals surface area (Å²) in [7, 11) is 1.45. The van der Waals surface area contributed by atoms with Crippen molar-refractivity contribution >= 4 is 34.4 Å². The van der Waals surface area contributed by atoms with Crippen molar-refractivity contribution in [1.29, 1.82) is 0 Å². The SMILES string of the molecule is COc1ccc(C)cc1NC(=S)Nc1ccc([N+](=O)[O-])cc1C(F)(F)F. The number of non-ortho nitro benzene ring substituents is 1. The van der Waals surface area contributed by atoms with Gasteiger partial charge in [0.25, 0.3) is 5.69 Å². The Kier molecular flexibility index (Phi) is 5.66. The highest BCUT2D eigenvalue weighted by Gasteiger charge is 2.35. The fourth-order valence-electron chi connectivity index (χ4n) is 2.18. The van der Waals surface area contributed by atoms with Crippen LogP contribution in [0.4, 0.5) is 30.2 Å². The van der Waals surface area contributed by atoms with Crippen LogP contribution in [0.15, 0.2) is 36.4 Å². The molecular formula is C16H14F3N3O3S. The predicted molar refractivity (Wildman–Crippen MR) is 95.7 cm³/mol. The van der Waals surface area contributed by atoms with E-state index in [1.807, 2.05) is 6.92 Å². The quantitative estimate of drug-likeness (QED) is 0.450. The summed E-state index contributed by atoms with van der Waals surface area (Å²) in [4.78, 5) is 9.83. The van der Waals surface area contributed by atoms with E-state index >= 15 is 0 Å². The smallest absolute Gasteiger partial charge is 0.418 e. The van der Waals surface area contributed by atoms with Gasteiger partial charge in [0.15, 0.2) is 5.11 Å². The lowest BCUT2D eigenvalue weighted by Crippen LogP contribution is -2.22. The maximum absolute atomic E-state index is 13.2. The van der Waals surface area contributed by atoms with E-state index < -0.39 is 28.0 Å². The number of alkyl halides is 3. The van der Waals surface area contributed by atoms with Crippen LogP contribution in [0.25, 0.3) is 0 Å². The summed E-state index contributed by atoms with van der Waals surface area (Å²) in [5.41, 5.74) is -0.885. The number of hydrogen-bond donors (Lipinski definition) is 2. The third kappa shape index (κ3) is 4.60. The lowest BCUT2D eigenvalue weighted by molar-refractivity contribution is -0.385. The Bertz CT molecular complexity index is 856. The van der Waals surface area contributed by atoms with Crippen LogP contribution >= 0.6 is 12.2 Å². The van der Waals surface area contributed by atoms with Crippen LogP contribution in [0.1, 0.15) is 11.1 Å². The zero-order chi connectivity index (χ0) is 19.5. The van der Waals surface area contributed by atoms with E-state index in [-0.39, 0.29) is 5.11 Å². The van der Waals surface area contributed by atoms with Gasteiger partial charge in [-0.2, -0.15) is 13.2 Å². The number of thiocarbonyl (C=S) groups is 1. The van der Waals surface area contributed by atoms with Crippen LogP contribution in [0.2, 0.25) is 0 Å². The molecule has 0 spiro atoms. The summed E-state index contributed by atoms with van der Waals surface area (Å²) in [6, 6.07) is 7.59. The van der Waals surface area contributed by atoms with Gasteiger partial charge in [0, 0.05) is 12.1 Å². The molecule has 0 aliphatic rings. The van der Waals surface area contributed by atoms with Gasteiger partial charge >= 0.3 is 6.18 Å². The van der Waals surface area contributed by atoms with E-state index in [9.17, 15) is 23.3 Å². The summed E-state index contributed by atoms with van der Waals surface area (Å²) in [6.45, 7) is 1.83. The summed E-state index contributed by atoms with van der Waals surface area (Å²) < 4.78 is 44.7. The van der Waals surface area contributed by atoms with Crippen molar-refractivity contribution in [3.63, 3.8) is 0 Å². The van der Waals surface area contributed by atoms with E-state index in [1.54, 1.807) is 18.2 Å². The van der Waals surface area contributed by atoms with Crippen molar-refractivity contribution in [2.24, 2.45) is 0 Å². The number of benzene rings is 2. The van der Waals surface area contributed by atoms with Crippen LogP contribution < -0.4 is 15.4 Å². The fourth-order valence-corrected chi connectivity index (χ4v) is 2.40. The van der Waals surface area contributed by atoms with E-state index in [1.165, 1.54) is 7.11 Å². The third-order valence-corrected chi connectivity index (χ3v) is 3.57. The van der Waals surface area contributed by atoms with Crippen molar-refractivity contribution < 1.29 is 22.8 Å². The average molecular weight is 385 g/mol. The average Bonchev–Trinajstić information content (AvgIpc) is 2.54. The first-order chi connectivity index (χ1) is 12.1. The Hall–Kier alpha value is -2.88. The van der Waals surface area contributed by atoms with Gasteiger partial charge in [-0.25, -0.2) is 0 Å². The van der Waals surface area contributed by atoms with Gasteiger partial charge in [0.05, 0.1) is 29.0 Å². The van der Waals surface area contributed by atoms with E-state index in [2.05, 4.69) is 10.6 Å².